The molecule has 2 N–H and O–H groups in total. The SMILES string of the molecule is COc1ccc2ncc(Cl)c(C(O)CCC3(C(=O)O)CCN(CCSc4cccc(F)c4F)CC3)c2c1. The topological polar surface area (TPSA) is 82.9 Å². The van der Waals surface area contributed by atoms with Gasteiger partial charge in [0.2, 0.25) is 0 Å². The van der Waals surface area contributed by atoms with E-state index < -0.39 is 29.1 Å². The van der Waals surface area contributed by atoms with Crippen LogP contribution in [0.5, 0.6) is 5.75 Å². The van der Waals surface area contributed by atoms with E-state index in [1.54, 1.807) is 31.4 Å². The van der Waals surface area contributed by atoms with Gasteiger partial charge >= 0.3 is 5.97 Å². The number of thioether (sulfide) groups is 1. The average Bonchev–Trinajstić information content (AvgIpc) is 2.90. The minimum absolute atomic E-state index is 0.233. The number of hydrogen-bond donors (Lipinski definition) is 2. The zero-order valence-corrected chi connectivity index (χ0v) is 22.0. The number of carboxylic acid groups (broad SMARTS) is 1. The van der Waals surface area contributed by atoms with E-state index >= 15 is 0 Å². The Labute approximate surface area is 223 Å². The van der Waals surface area contributed by atoms with Gasteiger partial charge in [0, 0.05) is 34.3 Å². The Balaban J connectivity index is 1.37. The molecule has 3 aromatic rings. The standard InChI is InChI=1S/C27H29ClF2N2O4S/c1-36-17-5-6-21-18(15-17)24(19(28)16-31-21)22(33)7-8-27(26(34)35)9-11-32(12-10-27)13-14-37-23-4-2-3-20(29)25(23)30/h2-6,15-16,22,33H,7-14H2,1H3,(H,34,35). The van der Waals surface area contributed by atoms with Crippen LogP contribution < -0.4 is 4.74 Å². The van der Waals surface area contributed by atoms with Crippen LogP contribution in [0, 0.1) is 17.0 Å². The number of aliphatic carboxylic acids is 1. The van der Waals surface area contributed by atoms with Crippen molar-refractivity contribution in [3.8, 4) is 5.75 Å². The molecule has 1 aromatic heterocycles. The summed E-state index contributed by atoms with van der Waals surface area (Å²) in [4.78, 5) is 19.1. The van der Waals surface area contributed by atoms with E-state index in [1.165, 1.54) is 24.0 Å². The zero-order valence-electron chi connectivity index (χ0n) is 20.4. The third kappa shape index (κ3) is 6.17. The van der Waals surface area contributed by atoms with Gasteiger partial charge in [0.15, 0.2) is 11.6 Å². The first kappa shape index (κ1) is 27.6. The van der Waals surface area contributed by atoms with Crippen LogP contribution in [0.15, 0.2) is 47.5 Å². The number of aliphatic hydroxyl groups is 1. The molecule has 198 valence electrons. The van der Waals surface area contributed by atoms with Crippen LogP contribution in [-0.2, 0) is 4.79 Å². The van der Waals surface area contributed by atoms with Gasteiger partial charge in [-0.15, -0.1) is 11.8 Å². The van der Waals surface area contributed by atoms with Crippen molar-refractivity contribution in [2.45, 2.75) is 36.7 Å². The highest BCUT2D eigenvalue weighted by Gasteiger charge is 2.41. The van der Waals surface area contributed by atoms with Crippen LogP contribution in [-0.4, -0.2) is 58.6 Å². The average molecular weight is 551 g/mol. The normalized spacial score (nSPS) is 16.6. The number of pyridine rings is 1. The summed E-state index contributed by atoms with van der Waals surface area (Å²) in [7, 11) is 1.55. The van der Waals surface area contributed by atoms with E-state index in [2.05, 4.69) is 9.88 Å². The minimum Gasteiger partial charge on any atom is -0.497 e. The van der Waals surface area contributed by atoms with Gasteiger partial charge in [0.1, 0.15) is 5.75 Å². The maximum absolute atomic E-state index is 13.9. The summed E-state index contributed by atoms with van der Waals surface area (Å²) in [6.45, 7) is 1.79. The number of aromatic nitrogens is 1. The number of piperidine rings is 1. The lowest BCUT2D eigenvalue weighted by Crippen LogP contribution is -2.45. The highest BCUT2D eigenvalue weighted by molar-refractivity contribution is 7.99. The molecule has 1 aliphatic heterocycles. The van der Waals surface area contributed by atoms with Crippen molar-refractivity contribution in [1.29, 1.82) is 0 Å². The number of likely N-dealkylation sites (tertiary alicyclic amines) is 1. The molecular formula is C27H29ClF2N2O4S. The molecule has 2 heterocycles. The van der Waals surface area contributed by atoms with E-state index in [0.717, 1.165) is 6.07 Å². The molecule has 1 unspecified atom stereocenters. The summed E-state index contributed by atoms with van der Waals surface area (Å²) in [6.07, 6.45) is 1.94. The van der Waals surface area contributed by atoms with Gasteiger partial charge in [0.25, 0.3) is 0 Å². The molecule has 0 radical (unpaired) electrons. The van der Waals surface area contributed by atoms with Gasteiger partial charge in [-0.25, -0.2) is 8.78 Å². The fourth-order valence-corrected chi connectivity index (χ4v) is 6.09. The van der Waals surface area contributed by atoms with E-state index in [4.69, 9.17) is 16.3 Å². The Kier molecular flexibility index (Phi) is 8.90. The Hall–Kier alpha value is -2.46. The predicted molar refractivity (Wildman–Crippen MR) is 140 cm³/mol. The summed E-state index contributed by atoms with van der Waals surface area (Å²) in [5, 5.41) is 22.2. The van der Waals surface area contributed by atoms with E-state index in [0.29, 0.717) is 71.9 Å². The van der Waals surface area contributed by atoms with Crippen LogP contribution in [0.2, 0.25) is 5.02 Å². The maximum atomic E-state index is 13.9. The number of nitrogens with zero attached hydrogens (tertiary/aromatic N) is 2. The molecule has 1 aliphatic rings. The molecule has 2 aromatic carbocycles. The highest BCUT2D eigenvalue weighted by Crippen LogP contribution is 2.41. The van der Waals surface area contributed by atoms with Crippen LogP contribution in [0.25, 0.3) is 10.9 Å². The van der Waals surface area contributed by atoms with E-state index in [1.807, 2.05) is 0 Å². The first-order valence-electron chi connectivity index (χ1n) is 12.1. The number of carboxylic acids is 1. The fraction of sp³-hybridized carbons (Fsp3) is 0.407. The third-order valence-corrected chi connectivity index (χ3v) is 8.46. The van der Waals surface area contributed by atoms with Gasteiger partial charge in [-0.2, -0.15) is 0 Å². The largest absolute Gasteiger partial charge is 0.497 e. The van der Waals surface area contributed by atoms with Crippen molar-refractivity contribution >= 4 is 40.2 Å². The number of benzene rings is 2. The lowest BCUT2D eigenvalue weighted by atomic mass is 9.74. The molecule has 0 aliphatic carbocycles. The monoisotopic (exact) mass is 550 g/mol. The van der Waals surface area contributed by atoms with Crippen LogP contribution in [0.4, 0.5) is 8.78 Å². The number of ether oxygens (including phenoxy) is 1. The zero-order chi connectivity index (χ0) is 26.6. The summed E-state index contributed by atoms with van der Waals surface area (Å²) >= 11 is 7.66. The fourth-order valence-electron chi connectivity index (χ4n) is 4.85. The Morgan fingerprint density at radius 3 is 2.73 bits per heavy atom. The molecule has 6 nitrogen and oxygen atoms in total. The van der Waals surface area contributed by atoms with Crippen molar-refractivity contribution in [3.63, 3.8) is 0 Å². The van der Waals surface area contributed by atoms with Crippen LogP contribution in [0.1, 0.15) is 37.4 Å². The third-order valence-electron chi connectivity index (χ3n) is 7.15. The van der Waals surface area contributed by atoms with Crippen LogP contribution >= 0.6 is 23.4 Å². The second-order valence-electron chi connectivity index (χ2n) is 9.28. The quantitative estimate of drug-likeness (QED) is 0.302. The van der Waals surface area contributed by atoms with Gasteiger partial charge in [0.05, 0.1) is 29.2 Å². The summed E-state index contributed by atoms with van der Waals surface area (Å²) < 4.78 is 32.6. The molecule has 1 fully saturated rings. The summed E-state index contributed by atoms with van der Waals surface area (Å²) in [6, 6.07) is 9.46. The number of rotatable bonds is 10. The smallest absolute Gasteiger partial charge is 0.309 e. The molecular weight excluding hydrogens is 522 g/mol. The van der Waals surface area contributed by atoms with Gasteiger partial charge < -0.3 is 19.8 Å². The number of halogens is 3. The number of aliphatic hydroxyl groups excluding tert-OH is 1. The van der Waals surface area contributed by atoms with Crippen molar-refractivity contribution in [2.24, 2.45) is 5.41 Å². The molecule has 1 atom stereocenters. The molecule has 37 heavy (non-hydrogen) atoms. The van der Waals surface area contributed by atoms with Gasteiger partial charge in [-0.1, -0.05) is 17.7 Å². The van der Waals surface area contributed by atoms with E-state index in [9.17, 15) is 23.8 Å². The predicted octanol–water partition coefficient (Wildman–Crippen LogP) is 5.95. The van der Waals surface area contributed by atoms with Crippen molar-refractivity contribution in [3.05, 3.63) is 64.8 Å². The molecule has 0 spiro atoms. The second-order valence-corrected chi connectivity index (χ2v) is 10.8. The molecule has 0 bridgehead atoms. The number of methoxy groups -OCH3 is 1. The number of hydrogen-bond acceptors (Lipinski definition) is 6. The van der Waals surface area contributed by atoms with Crippen molar-refractivity contribution in [2.75, 3.05) is 32.5 Å². The molecule has 10 heteroatoms. The van der Waals surface area contributed by atoms with E-state index in [-0.39, 0.29) is 11.3 Å². The Morgan fingerprint density at radius 2 is 2.03 bits per heavy atom. The van der Waals surface area contributed by atoms with Crippen LogP contribution in [0.3, 0.4) is 0 Å². The Morgan fingerprint density at radius 1 is 1.27 bits per heavy atom. The number of carbonyl (C=O) groups is 1. The minimum atomic E-state index is -0.961. The highest BCUT2D eigenvalue weighted by atomic mass is 35.5. The lowest BCUT2D eigenvalue weighted by Gasteiger charge is -2.39. The molecule has 0 saturated carbocycles. The van der Waals surface area contributed by atoms with Gasteiger partial charge in [-0.3, -0.25) is 9.78 Å². The molecule has 0 amide bonds. The van der Waals surface area contributed by atoms with Crippen molar-refractivity contribution in [1.82, 2.24) is 9.88 Å². The number of fused-ring (bicyclic) bond motifs is 1. The maximum Gasteiger partial charge on any atom is 0.309 e. The first-order valence-corrected chi connectivity index (χ1v) is 13.4. The molecule has 1 saturated heterocycles. The summed E-state index contributed by atoms with van der Waals surface area (Å²) in [5.41, 5.74) is 0.230. The first-order chi connectivity index (χ1) is 17.7. The summed E-state index contributed by atoms with van der Waals surface area (Å²) in [5.74, 6) is -1.40. The van der Waals surface area contributed by atoms with Gasteiger partial charge in [-0.05, 0) is 69.1 Å². The Bertz CT molecular complexity index is 1270. The molecule has 4 rings (SSSR count). The van der Waals surface area contributed by atoms with Crippen molar-refractivity contribution < 1.29 is 28.5 Å². The second kappa shape index (κ2) is 11.9. The lowest BCUT2D eigenvalue weighted by molar-refractivity contribution is -0.153.